The van der Waals surface area contributed by atoms with Crippen LogP contribution in [0.4, 0.5) is 11.4 Å². The van der Waals surface area contributed by atoms with Crippen molar-refractivity contribution in [2.75, 3.05) is 31.1 Å². The number of halogens is 1. The Morgan fingerprint density at radius 3 is 1.80 bits per heavy atom. The van der Waals surface area contributed by atoms with Crippen LogP contribution >= 0.6 is 12.4 Å². The summed E-state index contributed by atoms with van der Waals surface area (Å²) in [5.41, 5.74) is 1.30. The summed E-state index contributed by atoms with van der Waals surface area (Å²) in [5, 5.41) is 12.6. The maximum Gasteiger partial charge on any atom is 0.210 e. The molecule has 1 aliphatic rings. The van der Waals surface area contributed by atoms with Gasteiger partial charge in [-0.2, -0.15) is 0 Å². The molecule has 2 aromatic rings. The minimum Gasteiger partial charge on any atom is -0.633 e. The maximum absolute atomic E-state index is 12.9. The Labute approximate surface area is 155 Å². The van der Waals surface area contributed by atoms with E-state index in [1.165, 1.54) is 0 Å². The Morgan fingerprint density at radius 2 is 1.36 bits per heavy atom. The number of likely N-dealkylation sites (N-methyl/N-ethyl adjacent to an activating group) is 1. The number of benzene rings is 2. The van der Waals surface area contributed by atoms with Crippen LogP contribution in [0.2, 0.25) is 0 Å². The van der Waals surface area contributed by atoms with Crippen LogP contribution in [-0.4, -0.2) is 39.2 Å². The van der Waals surface area contributed by atoms with Crippen LogP contribution in [0.15, 0.2) is 58.3 Å². The molecule has 0 bridgehead atoms. The second-order valence-corrected chi connectivity index (χ2v) is 7.89. The monoisotopic (exact) mass is 382 g/mol. The molecule has 0 N–H and O–H groups in total. The first-order valence-corrected chi connectivity index (χ1v) is 9.69. The third-order valence-corrected chi connectivity index (χ3v) is 6.62. The number of quaternary nitrogens is 1. The van der Waals surface area contributed by atoms with Gasteiger partial charge in [0, 0.05) is 0 Å². The Morgan fingerprint density at radius 1 is 0.920 bits per heavy atom. The van der Waals surface area contributed by atoms with Gasteiger partial charge in [-0.15, -0.1) is 12.4 Å². The topological polar surface area (TPSA) is 60.4 Å². The summed E-state index contributed by atoms with van der Waals surface area (Å²) < 4.78 is 25.4. The van der Waals surface area contributed by atoms with Gasteiger partial charge in [-0.25, -0.2) is 8.42 Å². The predicted octanol–water partition coefficient (Wildman–Crippen LogP) is 3.75. The number of nitrogens with zero attached hydrogens (tertiary/aromatic N) is 2. The maximum atomic E-state index is 12.9. The van der Waals surface area contributed by atoms with Gasteiger partial charge < -0.3 is 14.8 Å². The fourth-order valence-corrected chi connectivity index (χ4v) is 4.79. The second-order valence-electron chi connectivity index (χ2n) is 6.00. The van der Waals surface area contributed by atoms with Crippen molar-refractivity contribution >= 4 is 33.6 Å². The first kappa shape index (κ1) is 19.7. The Hall–Kier alpha value is -1.60. The zero-order valence-electron chi connectivity index (χ0n) is 14.4. The summed E-state index contributed by atoms with van der Waals surface area (Å²) in [7, 11) is -3.52. The highest BCUT2D eigenvalue weighted by atomic mass is 35.5. The number of hydroxylamine groups is 3. The van der Waals surface area contributed by atoms with E-state index < -0.39 is 9.84 Å². The van der Waals surface area contributed by atoms with Gasteiger partial charge in [-0.3, -0.25) is 0 Å². The summed E-state index contributed by atoms with van der Waals surface area (Å²) in [4.78, 5) is 2.57. The molecule has 0 aromatic heterocycles. The average Bonchev–Trinajstić information content (AvgIpc) is 2.61. The molecule has 0 aliphatic carbocycles. The summed E-state index contributed by atoms with van der Waals surface area (Å²) in [6, 6.07) is 14.0. The fourth-order valence-electron chi connectivity index (χ4n) is 3.13. The molecule has 7 heteroatoms. The molecular formula is C18H23ClN2O3S. The van der Waals surface area contributed by atoms with Crippen molar-refractivity contribution in [2.45, 2.75) is 23.6 Å². The van der Waals surface area contributed by atoms with Gasteiger partial charge in [-0.1, -0.05) is 24.3 Å². The van der Waals surface area contributed by atoms with Gasteiger partial charge in [0.15, 0.2) is 0 Å². The number of hydrogen-bond acceptors (Lipinski definition) is 4. The fraction of sp³-hybridized carbons (Fsp3) is 0.333. The predicted molar refractivity (Wildman–Crippen MR) is 102 cm³/mol. The third kappa shape index (κ3) is 3.40. The number of fused-ring (bicyclic) bond motifs is 2. The van der Waals surface area contributed by atoms with Crippen LogP contribution in [0.3, 0.4) is 0 Å². The van der Waals surface area contributed by atoms with Crippen LogP contribution < -0.4 is 4.90 Å². The van der Waals surface area contributed by atoms with Gasteiger partial charge in [0.25, 0.3) is 0 Å². The van der Waals surface area contributed by atoms with Crippen LogP contribution in [-0.2, 0) is 9.84 Å². The quantitative estimate of drug-likeness (QED) is 0.583. The lowest BCUT2D eigenvalue weighted by Gasteiger charge is -2.43. The summed E-state index contributed by atoms with van der Waals surface area (Å²) in [6.07, 6.45) is 0. The summed E-state index contributed by atoms with van der Waals surface area (Å²) in [5.74, 6) is 0. The number of para-hydroxylation sites is 2. The standard InChI is InChI=1S/C18H22N2O3S.ClH/c1-3-20(21,4-2)14-13-19-15-9-5-7-11-17(15)24(22,23)18-12-8-6-10-16(18)19;/h5-12H,3-4,13-14H2,1-2H3;1H. The van der Waals surface area contributed by atoms with Gasteiger partial charge >= 0.3 is 0 Å². The van der Waals surface area contributed by atoms with Crippen molar-refractivity contribution in [3.63, 3.8) is 0 Å². The SMILES string of the molecule is CC[N+]([O-])(CC)CCN1c2ccccc2S(=O)(=O)c2ccccc21.Cl. The van der Waals surface area contributed by atoms with Crippen LogP contribution in [0.25, 0.3) is 0 Å². The zero-order chi connectivity index (χ0) is 17.4. The largest absolute Gasteiger partial charge is 0.633 e. The molecule has 136 valence electrons. The van der Waals surface area contributed by atoms with E-state index in [1.807, 2.05) is 30.9 Å². The third-order valence-electron chi connectivity index (χ3n) is 4.77. The molecule has 0 saturated carbocycles. The van der Waals surface area contributed by atoms with E-state index in [0.717, 1.165) is 0 Å². The number of rotatable bonds is 5. The highest BCUT2D eigenvalue weighted by Gasteiger charge is 2.34. The van der Waals surface area contributed by atoms with Crippen LogP contribution in [0.1, 0.15) is 13.8 Å². The van der Waals surface area contributed by atoms with Crippen molar-refractivity contribution in [1.29, 1.82) is 0 Å². The summed E-state index contributed by atoms with van der Waals surface area (Å²) >= 11 is 0. The molecule has 0 spiro atoms. The molecule has 0 unspecified atom stereocenters. The minimum absolute atomic E-state index is 0. The molecule has 5 nitrogen and oxygen atoms in total. The Kier molecular flexibility index (Phi) is 5.79. The molecule has 3 rings (SSSR count). The van der Waals surface area contributed by atoms with Crippen molar-refractivity contribution in [3.05, 3.63) is 53.7 Å². The minimum atomic E-state index is -3.52. The molecule has 1 aliphatic heterocycles. The van der Waals surface area contributed by atoms with Crippen LogP contribution in [0, 0.1) is 5.21 Å². The van der Waals surface area contributed by atoms with Gasteiger partial charge in [0.05, 0.1) is 47.3 Å². The molecule has 1 heterocycles. The first-order valence-electron chi connectivity index (χ1n) is 8.21. The number of hydrogen-bond donors (Lipinski definition) is 0. The van der Waals surface area contributed by atoms with Crippen molar-refractivity contribution < 1.29 is 13.1 Å². The van der Waals surface area contributed by atoms with Gasteiger partial charge in [0.1, 0.15) is 0 Å². The van der Waals surface area contributed by atoms with E-state index in [4.69, 9.17) is 0 Å². The molecular weight excluding hydrogens is 360 g/mol. The zero-order valence-corrected chi connectivity index (χ0v) is 16.0. The van der Waals surface area contributed by atoms with E-state index >= 15 is 0 Å². The van der Waals surface area contributed by atoms with Gasteiger partial charge in [-0.05, 0) is 38.1 Å². The Balaban J connectivity index is 0.00000225. The van der Waals surface area contributed by atoms with Gasteiger partial charge in [0.2, 0.25) is 9.84 Å². The smallest absolute Gasteiger partial charge is 0.210 e. The van der Waals surface area contributed by atoms with E-state index in [0.29, 0.717) is 47.3 Å². The molecule has 0 radical (unpaired) electrons. The molecule has 2 aromatic carbocycles. The Bertz CT molecular complexity index is 797. The van der Waals surface area contributed by atoms with E-state index in [9.17, 15) is 13.6 Å². The van der Waals surface area contributed by atoms with Crippen LogP contribution in [0.5, 0.6) is 0 Å². The average molecular weight is 383 g/mol. The van der Waals surface area contributed by atoms with Crippen molar-refractivity contribution in [2.24, 2.45) is 0 Å². The lowest BCUT2D eigenvalue weighted by Crippen LogP contribution is -2.46. The lowest BCUT2D eigenvalue weighted by atomic mass is 10.2. The first-order chi connectivity index (χ1) is 11.4. The second kappa shape index (κ2) is 7.33. The molecule has 25 heavy (non-hydrogen) atoms. The normalized spacial score (nSPS) is 15.1. The number of anilines is 2. The molecule has 0 fully saturated rings. The summed E-state index contributed by atoms with van der Waals surface area (Å²) in [6.45, 7) is 5.68. The van der Waals surface area contributed by atoms with E-state index in [-0.39, 0.29) is 17.1 Å². The highest BCUT2D eigenvalue weighted by Crippen LogP contribution is 2.43. The molecule has 0 atom stereocenters. The van der Waals surface area contributed by atoms with Crippen molar-refractivity contribution in [1.82, 2.24) is 0 Å². The van der Waals surface area contributed by atoms with E-state index in [1.54, 1.807) is 36.4 Å². The molecule has 0 amide bonds. The molecule has 0 saturated heterocycles. The lowest BCUT2D eigenvalue weighted by molar-refractivity contribution is -0.875. The highest BCUT2D eigenvalue weighted by molar-refractivity contribution is 7.92. The van der Waals surface area contributed by atoms with E-state index in [2.05, 4.69) is 0 Å². The number of sulfone groups is 1. The van der Waals surface area contributed by atoms with Crippen molar-refractivity contribution in [3.8, 4) is 0 Å².